The number of halogens is 2. The second kappa shape index (κ2) is 6.68. The predicted octanol–water partition coefficient (Wildman–Crippen LogP) is 3.80. The van der Waals surface area contributed by atoms with Gasteiger partial charge in [0.2, 0.25) is 10.0 Å². The van der Waals surface area contributed by atoms with E-state index < -0.39 is 15.8 Å². The molecule has 0 atom stereocenters. The molecule has 2 rings (SSSR count). The van der Waals surface area contributed by atoms with Gasteiger partial charge in [-0.25, -0.2) is 12.8 Å². The Bertz CT molecular complexity index is 720. The van der Waals surface area contributed by atoms with Crippen LogP contribution in [0.1, 0.15) is 12.5 Å². The molecule has 0 spiro atoms. The normalized spacial score (nSPS) is 11.8. The van der Waals surface area contributed by atoms with Crippen LogP contribution in [0, 0.1) is 5.82 Å². The molecule has 112 valence electrons. The summed E-state index contributed by atoms with van der Waals surface area (Å²) in [4.78, 5) is -0.302. The molecule has 0 radical (unpaired) electrons. The van der Waals surface area contributed by atoms with E-state index in [1.165, 1.54) is 16.4 Å². The zero-order valence-corrected chi connectivity index (χ0v) is 13.9. The SMILES string of the molecule is CCN(Cc1ccccc1)S(=O)(=O)c1ccc(Br)cc1F. The van der Waals surface area contributed by atoms with Gasteiger partial charge in [0.15, 0.2) is 0 Å². The highest BCUT2D eigenvalue weighted by Crippen LogP contribution is 2.23. The minimum Gasteiger partial charge on any atom is -0.207 e. The highest BCUT2D eigenvalue weighted by atomic mass is 79.9. The van der Waals surface area contributed by atoms with Crippen LogP contribution in [0.5, 0.6) is 0 Å². The first kappa shape index (κ1) is 16.1. The molecule has 2 aromatic rings. The fourth-order valence-electron chi connectivity index (χ4n) is 1.98. The van der Waals surface area contributed by atoms with Crippen molar-refractivity contribution in [3.8, 4) is 0 Å². The standard InChI is InChI=1S/C15H15BrFNO2S/c1-2-18(11-12-6-4-3-5-7-12)21(19,20)15-9-8-13(16)10-14(15)17/h3-10H,2,11H2,1H3. The van der Waals surface area contributed by atoms with Crippen LogP contribution in [0.4, 0.5) is 4.39 Å². The lowest BCUT2D eigenvalue weighted by atomic mass is 10.2. The number of hydrogen-bond acceptors (Lipinski definition) is 2. The van der Waals surface area contributed by atoms with E-state index >= 15 is 0 Å². The van der Waals surface area contributed by atoms with Crippen LogP contribution < -0.4 is 0 Å². The van der Waals surface area contributed by atoms with E-state index in [0.717, 1.165) is 11.6 Å². The summed E-state index contributed by atoms with van der Waals surface area (Å²) in [6, 6.07) is 13.2. The first-order valence-electron chi connectivity index (χ1n) is 6.44. The maximum atomic E-state index is 13.9. The molecule has 0 saturated heterocycles. The van der Waals surface area contributed by atoms with E-state index in [1.807, 2.05) is 30.3 Å². The molecule has 2 aromatic carbocycles. The minimum absolute atomic E-state index is 0.217. The van der Waals surface area contributed by atoms with Gasteiger partial charge in [0.1, 0.15) is 10.7 Å². The van der Waals surface area contributed by atoms with Gasteiger partial charge in [-0.15, -0.1) is 0 Å². The van der Waals surface area contributed by atoms with E-state index in [9.17, 15) is 12.8 Å². The van der Waals surface area contributed by atoms with Crippen molar-refractivity contribution < 1.29 is 12.8 Å². The third kappa shape index (κ3) is 3.70. The topological polar surface area (TPSA) is 37.4 Å². The Hall–Kier alpha value is -1.24. The Morgan fingerprint density at radius 3 is 2.38 bits per heavy atom. The summed E-state index contributed by atoms with van der Waals surface area (Å²) in [5, 5.41) is 0. The lowest BCUT2D eigenvalue weighted by Crippen LogP contribution is -2.31. The summed E-state index contributed by atoms with van der Waals surface area (Å²) in [5.41, 5.74) is 0.862. The largest absolute Gasteiger partial charge is 0.246 e. The average Bonchev–Trinajstić information content (AvgIpc) is 2.45. The van der Waals surface area contributed by atoms with Gasteiger partial charge in [-0.05, 0) is 23.8 Å². The van der Waals surface area contributed by atoms with E-state index in [2.05, 4.69) is 15.9 Å². The van der Waals surface area contributed by atoms with Crippen LogP contribution >= 0.6 is 15.9 Å². The fraction of sp³-hybridized carbons (Fsp3) is 0.200. The molecule has 3 nitrogen and oxygen atoms in total. The van der Waals surface area contributed by atoms with Crippen molar-refractivity contribution in [2.45, 2.75) is 18.4 Å². The number of hydrogen-bond donors (Lipinski definition) is 0. The van der Waals surface area contributed by atoms with E-state index in [0.29, 0.717) is 4.47 Å². The Morgan fingerprint density at radius 1 is 1.14 bits per heavy atom. The van der Waals surface area contributed by atoms with E-state index in [1.54, 1.807) is 6.92 Å². The monoisotopic (exact) mass is 371 g/mol. The molecule has 0 aliphatic carbocycles. The van der Waals surface area contributed by atoms with Crippen LogP contribution in [0.3, 0.4) is 0 Å². The highest BCUT2D eigenvalue weighted by Gasteiger charge is 2.26. The molecule has 0 N–H and O–H groups in total. The highest BCUT2D eigenvalue weighted by molar-refractivity contribution is 9.10. The molecule has 0 fully saturated rings. The maximum Gasteiger partial charge on any atom is 0.246 e. The Labute approximate surface area is 132 Å². The summed E-state index contributed by atoms with van der Waals surface area (Å²) >= 11 is 3.12. The fourth-order valence-corrected chi connectivity index (χ4v) is 3.79. The second-order valence-corrected chi connectivity index (χ2v) is 7.31. The molecule has 6 heteroatoms. The van der Waals surface area contributed by atoms with Gasteiger partial charge in [0.25, 0.3) is 0 Å². The first-order chi connectivity index (χ1) is 9.95. The lowest BCUT2D eigenvalue weighted by molar-refractivity contribution is 0.419. The van der Waals surface area contributed by atoms with Crippen LogP contribution in [-0.2, 0) is 16.6 Å². The van der Waals surface area contributed by atoms with Gasteiger partial charge < -0.3 is 0 Å². The van der Waals surface area contributed by atoms with Crippen molar-refractivity contribution >= 4 is 26.0 Å². The quantitative estimate of drug-likeness (QED) is 0.801. The molecule has 0 aliphatic heterocycles. The number of nitrogens with zero attached hydrogens (tertiary/aromatic N) is 1. The number of sulfonamides is 1. The molecular weight excluding hydrogens is 357 g/mol. The molecule has 0 amide bonds. The third-order valence-electron chi connectivity index (χ3n) is 3.07. The van der Waals surface area contributed by atoms with Gasteiger partial charge in [-0.1, -0.05) is 53.2 Å². The number of benzene rings is 2. The summed E-state index contributed by atoms with van der Waals surface area (Å²) in [6.45, 7) is 2.22. The second-order valence-electron chi connectivity index (χ2n) is 4.49. The Kier molecular flexibility index (Phi) is 5.13. The van der Waals surface area contributed by atoms with Crippen molar-refractivity contribution in [1.82, 2.24) is 4.31 Å². The van der Waals surface area contributed by atoms with Crippen LogP contribution in [-0.4, -0.2) is 19.3 Å². The summed E-state index contributed by atoms with van der Waals surface area (Å²) < 4.78 is 40.9. The smallest absolute Gasteiger partial charge is 0.207 e. The molecular formula is C15H15BrFNO2S. The van der Waals surface area contributed by atoms with Crippen LogP contribution in [0.2, 0.25) is 0 Å². The van der Waals surface area contributed by atoms with Crippen molar-refractivity contribution in [3.63, 3.8) is 0 Å². The van der Waals surface area contributed by atoms with Crippen molar-refractivity contribution in [2.24, 2.45) is 0 Å². The molecule has 0 aliphatic rings. The molecule has 0 bridgehead atoms. The molecule has 21 heavy (non-hydrogen) atoms. The summed E-state index contributed by atoms with van der Waals surface area (Å²) in [6.07, 6.45) is 0. The zero-order valence-electron chi connectivity index (χ0n) is 11.5. The number of rotatable bonds is 5. The average molecular weight is 372 g/mol. The molecule has 0 unspecified atom stereocenters. The summed E-state index contributed by atoms with van der Waals surface area (Å²) in [7, 11) is -3.86. The molecule has 0 saturated carbocycles. The van der Waals surface area contributed by atoms with E-state index in [4.69, 9.17) is 0 Å². The van der Waals surface area contributed by atoms with Gasteiger partial charge in [-0.3, -0.25) is 0 Å². The third-order valence-corrected chi connectivity index (χ3v) is 5.51. The summed E-state index contributed by atoms with van der Waals surface area (Å²) in [5.74, 6) is -0.754. The minimum atomic E-state index is -3.86. The Morgan fingerprint density at radius 2 is 1.81 bits per heavy atom. The van der Waals surface area contributed by atoms with Crippen LogP contribution in [0.15, 0.2) is 57.9 Å². The molecule has 0 heterocycles. The predicted molar refractivity (Wildman–Crippen MR) is 83.8 cm³/mol. The maximum absolute atomic E-state index is 13.9. The molecule has 0 aromatic heterocycles. The van der Waals surface area contributed by atoms with Crippen molar-refractivity contribution in [1.29, 1.82) is 0 Å². The first-order valence-corrected chi connectivity index (χ1v) is 8.67. The van der Waals surface area contributed by atoms with Crippen LogP contribution in [0.25, 0.3) is 0 Å². The van der Waals surface area contributed by atoms with Crippen molar-refractivity contribution in [2.75, 3.05) is 6.54 Å². The van der Waals surface area contributed by atoms with Gasteiger partial charge >= 0.3 is 0 Å². The van der Waals surface area contributed by atoms with Gasteiger partial charge in [-0.2, -0.15) is 4.31 Å². The van der Waals surface area contributed by atoms with Gasteiger partial charge in [0, 0.05) is 17.6 Å². The zero-order chi connectivity index (χ0) is 15.5. The Balaban J connectivity index is 2.36. The van der Waals surface area contributed by atoms with Crippen molar-refractivity contribution in [3.05, 3.63) is 64.4 Å². The van der Waals surface area contributed by atoms with Gasteiger partial charge in [0.05, 0.1) is 0 Å². The lowest BCUT2D eigenvalue weighted by Gasteiger charge is -2.21. The van der Waals surface area contributed by atoms with E-state index in [-0.39, 0.29) is 18.0 Å².